The first kappa shape index (κ1) is 23.5. The normalized spacial score (nSPS) is 23.4. The lowest BCUT2D eigenvalue weighted by atomic mass is 9.97. The highest BCUT2D eigenvalue weighted by atomic mass is 32.2. The summed E-state index contributed by atoms with van der Waals surface area (Å²) in [4.78, 5) is 4.58. The third kappa shape index (κ3) is 4.99. The van der Waals surface area contributed by atoms with E-state index in [-0.39, 0.29) is 11.8 Å². The zero-order valence-electron chi connectivity index (χ0n) is 19.5. The van der Waals surface area contributed by atoms with Gasteiger partial charge in [-0.05, 0) is 51.6 Å². The van der Waals surface area contributed by atoms with Gasteiger partial charge in [-0.25, -0.2) is 12.8 Å². The third-order valence-corrected chi connectivity index (χ3v) is 8.13. The summed E-state index contributed by atoms with van der Waals surface area (Å²) in [7, 11) is -1.82. The van der Waals surface area contributed by atoms with Crippen molar-refractivity contribution in [3.63, 3.8) is 0 Å². The summed E-state index contributed by atoms with van der Waals surface area (Å²) < 4.78 is 50.4. The number of likely N-dealkylation sites (N-methyl/N-ethyl adjacent to an activating group) is 1. The maximum atomic E-state index is 14.1. The number of hydrogen-bond donors (Lipinski definition) is 1. The molecule has 0 bridgehead atoms. The molecular formula is C24H31FN4O3S. The van der Waals surface area contributed by atoms with Gasteiger partial charge >= 0.3 is 6.02 Å². The van der Waals surface area contributed by atoms with Crippen molar-refractivity contribution in [1.82, 2.24) is 10.2 Å². The van der Waals surface area contributed by atoms with E-state index in [1.165, 1.54) is 6.07 Å². The van der Waals surface area contributed by atoms with Gasteiger partial charge in [0.05, 0.1) is 6.04 Å². The Morgan fingerprint density at radius 1 is 1.09 bits per heavy atom. The van der Waals surface area contributed by atoms with E-state index in [2.05, 4.69) is 26.6 Å². The van der Waals surface area contributed by atoms with Crippen LogP contribution in [0.3, 0.4) is 0 Å². The van der Waals surface area contributed by atoms with Crippen LogP contribution < -0.4 is 10.2 Å². The summed E-state index contributed by atoms with van der Waals surface area (Å²) in [5.74, 6) is -0.380. The molecule has 0 aliphatic carbocycles. The molecular weight excluding hydrogens is 443 g/mol. The van der Waals surface area contributed by atoms with E-state index in [0.717, 1.165) is 31.9 Å². The molecule has 1 saturated heterocycles. The Balaban J connectivity index is 1.55. The van der Waals surface area contributed by atoms with Crippen LogP contribution in [0.2, 0.25) is 0 Å². The predicted molar refractivity (Wildman–Crippen MR) is 128 cm³/mol. The second-order valence-corrected chi connectivity index (χ2v) is 11.0. The molecule has 0 saturated carbocycles. The molecule has 1 N–H and O–H groups in total. The smallest absolute Gasteiger partial charge is 0.301 e. The van der Waals surface area contributed by atoms with Gasteiger partial charge in [0.15, 0.2) is 0 Å². The van der Waals surface area contributed by atoms with Crippen molar-refractivity contribution in [1.29, 1.82) is 0 Å². The van der Waals surface area contributed by atoms with Gasteiger partial charge < -0.3 is 19.9 Å². The minimum Gasteiger partial charge on any atom is -0.457 e. The van der Waals surface area contributed by atoms with Crippen LogP contribution in [-0.4, -0.2) is 58.2 Å². The molecule has 33 heavy (non-hydrogen) atoms. The van der Waals surface area contributed by atoms with Gasteiger partial charge in [0.2, 0.25) is 0 Å². The molecule has 2 aliphatic rings. The van der Waals surface area contributed by atoms with Crippen LogP contribution in [0, 0.1) is 5.82 Å². The zero-order valence-corrected chi connectivity index (χ0v) is 20.3. The molecule has 0 amide bonds. The minimum absolute atomic E-state index is 0.124. The number of anilines is 1. The lowest BCUT2D eigenvalue weighted by molar-refractivity contribution is 0.0768. The Hall–Kier alpha value is -2.65. The Kier molecular flexibility index (Phi) is 6.37. The fraction of sp³-hybridized carbons (Fsp3) is 0.458. The number of sulfonamides is 1. The molecule has 7 nitrogen and oxygen atoms in total. The van der Waals surface area contributed by atoms with Crippen molar-refractivity contribution in [2.24, 2.45) is 4.40 Å². The highest BCUT2D eigenvalue weighted by molar-refractivity contribution is 7.90. The molecule has 0 aromatic heterocycles. The topological polar surface area (TPSA) is 74.2 Å². The SMILES string of the molecule is C[C@H](NC1=NS(=O)(=O)C(c2ccc(N3CCN(C)CC3)cc2)C(C)(C)O1)c1ccccc1F. The van der Waals surface area contributed by atoms with Gasteiger partial charge in [0, 0.05) is 37.4 Å². The van der Waals surface area contributed by atoms with Gasteiger partial charge in [-0.3, -0.25) is 0 Å². The Labute approximate surface area is 195 Å². The van der Waals surface area contributed by atoms with Gasteiger partial charge in [0.25, 0.3) is 10.0 Å². The molecule has 2 heterocycles. The predicted octanol–water partition coefficient (Wildman–Crippen LogP) is 3.46. The summed E-state index contributed by atoms with van der Waals surface area (Å²) in [5, 5.41) is 1.96. The molecule has 0 radical (unpaired) electrons. The van der Waals surface area contributed by atoms with Gasteiger partial charge in [0.1, 0.15) is 16.7 Å². The quantitative estimate of drug-likeness (QED) is 0.732. The average molecular weight is 475 g/mol. The van der Waals surface area contributed by atoms with E-state index in [4.69, 9.17) is 4.74 Å². The first-order chi connectivity index (χ1) is 15.6. The number of nitrogens with one attached hydrogen (secondary N) is 1. The van der Waals surface area contributed by atoms with Gasteiger partial charge in [-0.1, -0.05) is 30.3 Å². The minimum atomic E-state index is -3.93. The van der Waals surface area contributed by atoms with E-state index in [9.17, 15) is 12.8 Å². The van der Waals surface area contributed by atoms with Crippen LogP contribution >= 0.6 is 0 Å². The fourth-order valence-electron chi connectivity index (χ4n) is 4.49. The molecule has 2 aromatic rings. The van der Waals surface area contributed by atoms with Gasteiger partial charge in [-0.2, -0.15) is 0 Å². The molecule has 4 rings (SSSR count). The van der Waals surface area contributed by atoms with Crippen LogP contribution in [0.5, 0.6) is 0 Å². The highest BCUT2D eigenvalue weighted by Crippen LogP contribution is 2.40. The number of halogens is 1. The monoisotopic (exact) mass is 474 g/mol. The summed E-state index contributed by atoms with van der Waals surface area (Å²) in [6.45, 7) is 9.05. The van der Waals surface area contributed by atoms with Crippen molar-refractivity contribution >= 4 is 21.7 Å². The van der Waals surface area contributed by atoms with E-state index in [1.807, 2.05) is 24.3 Å². The molecule has 1 fully saturated rings. The summed E-state index contributed by atoms with van der Waals surface area (Å²) in [5.41, 5.74) is 1.03. The van der Waals surface area contributed by atoms with E-state index in [0.29, 0.717) is 11.1 Å². The molecule has 2 atom stereocenters. The summed E-state index contributed by atoms with van der Waals surface area (Å²) >= 11 is 0. The van der Waals surface area contributed by atoms with Crippen LogP contribution in [0.25, 0.3) is 0 Å². The first-order valence-corrected chi connectivity index (χ1v) is 12.6. The highest BCUT2D eigenvalue weighted by Gasteiger charge is 2.47. The third-order valence-electron chi connectivity index (χ3n) is 6.28. The van der Waals surface area contributed by atoms with Crippen molar-refractivity contribution in [3.8, 4) is 0 Å². The molecule has 1 unspecified atom stereocenters. The lowest BCUT2D eigenvalue weighted by Crippen LogP contribution is -2.47. The molecule has 2 aliphatic heterocycles. The van der Waals surface area contributed by atoms with Crippen molar-refractivity contribution in [3.05, 3.63) is 65.5 Å². The lowest BCUT2D eigenvalue weighted by Gasteiger charge is -2.38. The molecule has 9 heteroatoms. The maximum absolute atomic E-state index is 14.1. The fourth-order valence-corrected chi connectivity index (χ4v) is 6.18. The van der Waals surface area contributed by atoms with Gasteiger partial charge in [-0.15, -0.1) is 4.40 Å². The Bertz CT molecular complexity index is 1130. The Morgan fingerprint density at radius 3 is 2.33 bits per heavy atom. The summed E-state index contributed by atoms with van der Waals surface area (Å²) in [6, 6.07) is 13.3. The standard InChI is InChI=1S/C24H31FN4O3S/c1-17(20-7-5-6-8-21(20)25)26-23-27-33(30,31)22(24(2,3)32-23)18-9-11-19(12-10-18)29-15-13-28(4)14-16-29/h5-12,17,22H,13-16H2,1-4H3,(H,26,27)/t17-,22?/m0/s1. The second-order valence-electron chi connectivity index (χ2n) is 9.27. The van der Waals surface area contributed by atoms with E-state index < -0.39 is 26.9 Å². The largest absolute Gasteiger partial charge is 0.457 e. The molecule has 178 valence electrons. The number of rotatable bonds is 4. The van der Waals surface area contributed by atoms with E-state index >= 15 is 0 Å². The summed E-state index contributed by atoms with van der Waals surface area (Å²) in [6.07, 6.45) is 0. The number of piperazine rings is 1. The average Bonchev–Trinajstić information content (AvgIpc) is 2.73. The van der Waals surface area contributed by atoms with Crippen LogP contribution in [0.15, 0.2) is 52.9 Å². The second kappa shape index (κ2) is 8.95. The van der Waals surface area contributed by atoms with Crippen LogP contribution in [0.1, 0.15) is 43.2 Å². The van der Waals surface area contributed by atoms with Crippen LogP contribution in [-0.2, 0) is 14.8 Å². The van der Waals surface area contributed by atoms with Crippen molar-refractivity contribution in [2.75, 3.05) is 38.1 Å². The number of hydrogen-bond acceptors (Lipinski definition) is 6. The first-order valence-electron chi connectivity index (χ1n) is 11.1. The number of benzene rings is 2. The number of amidine groups is 1. The maximum Gasteiger partial charge on any atom is 0.301 e. The van der Waals surface area contributed by atoms with Crippen molar-refractivity contribution in [2.45, 2.75) is 37.7 Å². The number of ether oxygens (including phenoxy) is 1. The molecule has 0 spiro atoms. The molecule has 2 aromatic carbocycles. The Morgan fingerprint density at radius 2 is 1.73 bits per heavy atom. The van der Waals surface area contributed by atoms with Crippen molar-refractivity contribution < 1.29 is 17.5 Å². The zero-order chi connectivity index (χ0) is 23.8. The van der Waals surface area contributed by atoms with Crippen LogP contribution in [0.4, 0.5) is 10.1 Å². The van der Waals surface area contributed by atoms with E-state index in [1.54, 1.807) is 39.0 Å². The number of nitrogens with zero attached hydrogens (tertiary/aromatic N) is 3.